The molecule has 0 spiro atoms. The molecule has 0 saturated heterocycles. The van der Waals surface area contributed by atoms with Crippen LogP contribution in [-0.2, 0) is 5.33 Å². The topological polar surface area (TPSA) is 12.9 Å². The Morgan fingerprint density at radius 1 is 1.58 bits per heavy atom. The van der Waals surface area contributed by atoms with E-state index >= 15 is 0 Å². The van der Waals surface area contributed by atoms with Crippen LogP contribution in [0.15, 0.2) is 12.3 Å². The van der Waals surface area contributed by atoms with Crippen LogP contribution in [-0.4, -0.2) is 4.98 Å². The van der Waals surface area contributed by atoms with Crippen LogP contribution in [0.1, 0.15) is 17.7 Å². The van der Waals surface area contributed by atoms with Crippen LogP contribution in [0.3, 0.4) is 0 Å². The van der Waals surface area contributed by atoms with E-state index in [2.05, 4.69) is 20.9 Å². The third-order valence-corrected chi connectivity index (χ3v) is 2.84. The zero-order chi connectivity index (χ0) is 9.14. The van der Waals surface area contributed by atoms with E-state index in [9.17, 15) is 8.78 Å². The van der Waals surface area contributed by atoms with Gasteiger partial charge in [-0.25, -0.2) is 8.78 Å². The van der Waals surface area contributed by atoms with Crippen molar-refractivity contribution < 1.29 is 8.78 Å². The lowest BCUT2D eigenvalue weighted by atomic mass is 10.2. The monoisotopic (exact) mass is 347 g/mol. The fourth-order valence-electron chi connectivity index (χ4n) is 0.827. The second-order valence-corrected chi connectivity index (χ2v) is 3.81. The first kappa shape index (κ1) is 10.3. The van der Waals surface area contributed by atoms with Crippen molar-refractivity contribution in [1.29, 1.82) is 0 Å². The van der Waals surface area contributed by atoms with Gasteiger partial charge in [-0.05, 0) is 28.7 Å². The first-order valence-corrected chi connectivity index (χ1v) is 5.34. The van der Waals surface area contributed by atoms with Crippen molar-refractivity contribution in [1.82, 2.24) is 4.98 Å². The van der Waals surface area contributed by atoms with E-state index in [-0.39, 0.29) is 5.56 Å². The second kappa shape index (κ2) is 4.45. The maximum Gasteiger partial charge on any atom is 0.266 e. The van der Waals surface area contributed by atoms with Crippen molar-refractivity contribution in [2.45, 2.75) is 11.8 Å². The quantitative estimate of drug-likeness (QED) is 0.589. The van der Waals surface area contributed by atoms with Gasteiger partial charge in [0.2, 0.25) is 0 Å². The number of nitrogens with zero attached hydrogens (tertiary/aromatic N) is 1. The summed E-state index contributed by atoms with van der Waals surface area (Å²) < 4.78 is 25.4. The van der Waals surface area contributed by atoms with Gasteiger partial charge in [-0.3, -0.25) is 4.98 Å². The van der Waals surface area contributed by atoms with Crippen molar-refractivity contribution >= 4 is 38.5 Å². The maximum absolute atomic E-state index is 12.4. The normalized spacial score (nSPS) is 10.8. The largest absolute Gasteiger partial charge is 0.266 e. The van der Waals surface area contributed by atoms with Gasteiger partial charge in [0.05, 0.1) is 11.3 Å². The molecule has 0 saturated carbocycles. The summed E-state index contributed by atoms with van der Waals surface area (Å²) in [6, 6.07) is 1.58. The Balaban J connectivity index is 3.20. The van der Waals surface area contributed by atoms with Gasteiger partial charge in [0.15, 0.2) is 0 Å². The summed E-state index contributed by atoms with van der Waals surface area (Å²) in [7, 11) is 0. The number of aromatic nitrogens is 1. The van der Waals surface area contributed by atoms with Gasteiger partial charge in [-0.1, -0.05) is 15.9 Å². The Morgan fingerprint density at radius 3 is 2.67 bits per heavy atom. The third-order valence-electron chi connectivity index (χ3n) is 1.36. The van der Waals surface area contributed by atoms with E-state index in [1.807, 2.05) is 22.6 Å². The van der Waals surface area contributed by atoms with E-state index in [0.717, 1.165) is 0 Å². The van der Waals surface area contributed by atoms with Crippen molar-refractivity contribution in [2.24, 2.45) is 0 Å². The average Bonchev–Trinajstić information content (AvgIpc) is 2.03. The molecule has 12 heavy (non-hydrogen) atoms. The predicted octanol–water partition coefficient (Wildman–Crippen LogP) is 3.52. The fraction of sp³-hybridized carbons (Fsp3) is 0.286. The number of halogens is 4. The summed E-state index contributed by atoms with van der Waals surface area (Å²) in [4.78, 5) is 3.85. The Bertz CT molecular complexity index is 280. The van der Waals surface area contributed by atoms with Crippen LogP contribution in [0, 0.1) is 3.57 Å². The van der Waals surface area contributed by atoms with Crippen molar-refractivity contribution in [3.63, 3.8) is 0 Å². The Morgan fingerprint density at radius 2 is 2.25 bits per heavy atom. The summed E-state index contributed by atoms with van der Waals surface area (Å²) in [5.74, 6) is 0. The van der Waals surface area contributed by atoms with Crippen LogP contribution in [0.5, 0.6) is 0 Å². The summed E-state index contributed by atoms with van der Waals surface area (Å²) >= 11 is 5.00. The Hall–Kier alpha value is 0.220. The SMILES string of the molecule is FC(F)c1c(I)ccnc1CBr. The first-order chi connectivity index (χ1) is 5.66. The highest BCUT2D eigenvalue weighted by Gasteiger charge is 2.16. The van der Waals surface area contributed by atoms with Gasteiger partial charge in [0.1, 0.15) is 0 Å². The first-order valence-electron chi connectivity index (χ1n) is 3.14. The minimum atomic E-state index is -2.45. The number of alkyl halides is 3. The molecular formula is C7H5BrF2IN. The predicted molar refractivity (Wildman–Crippen MR) is 54.5 cm³/mol. The van der Waals surface area contributed by atoms with E-state index in [1.165, 1.54) is 6.20 Å². The molecule has 0 radical (unpaired) electrons. The maximum atomic E-state index is 12.4. The molecule has 0 atom stereocenters. The summed E-state index contributed by atoms with van der Waals surface area (Å²) in [6.07, 6.45) is -0.914. The van der Waals surface area contributed by atoms with E-state index < -0.39 is 6.43 Å². The summed E-state index contributed by atoms with van der Waals surface area (Å²) in [6.45, 7) is 0. The standard InChI is InChI=1S/C7H5BrF2IN/c8-3-5-6(7(9)10)4(11)1-2-12-5/h1-2,7H,3H2. The molecule has 1 nitrogen and oxygen atoms in total. The molecule has 0 amide bonds. The van der Waals surface area contributed by atoms with Gasteiger partial charge in [-0.15, -0.1) is 0 Å². The molecular weight excluding hydrogens is 343 g/mol. The van der Waals surface area contributed by atoms with E-state index in [0.29, 0.717) is 14.6 Å². The second-order valence-electron chi connectivity index (χ2n) is 2.09. The minimum Gasteiger partial charge on any atom is -0.260 e. The molecule has 0 bridgehead atoms. The average molecular weight is 348 g/mol. The van der Waals surface area contributed by atoms with Crippen LogP contribution in [0.2, 0.25) is 0 Å². The highest BCUT2D eigenvalue weighted by Crippen LogP contribution is 2.27. The highest BCUT2D eigenvalue weighted by molar-refractivity contribution is 14.1. The van der Waals surface area contributed by atoms with Crippen LogP contribution >= 0.6 is 38.5 Å². The molecule has 0 aliphatic carbocycles. The smallest absolute Gasteiger partial charge is 0.260 e. The summed E-state index contributed by atoms with van der Waals surface area (Å²) in [5.41, 5.74) is 0.451. The fourth-order valence-corrected chi connectivity index (χ4v) is 1.98. The molecule has 1 aromatic heterocycles. The van der Waals surface area contributed by atoms with Crippen LogP contribution in [0.4, 0.5) is 8.78 Å². The van der Waals surface area contributed by atoms with Crippen LogP contribution < -0.4 is 0 Å². The zero-order valence-corrected chi connectivity index (χ0v) is 9.64. The lowest BCUT2D eigenvalue weighted by molar-refractivity contribution is 0.149. The molecule has 66 valence electrons. The van der Waals surface area contributed by atoms with Crippen molar-refractivity contribution in [3.8, 4) is 0 Å². The van der Waals surface area contributed by atoms with Crippen LogP contribution in [0.25, 0.3) is 0 Å². The molecule has 1 heterocycles. The van der Waals surface area contributed by atoms with Gasteiger partial charge >= 0.3 is 0 Å². The Kier molecular flexibility index (Phi) is 3.82. The molecule has 1 rings (SSSR count). The third kappa shape index (κ3) is 2.12. The number of pyridine rings is 1. The lowest BCUT2D eigenvalue weighted by Crippen LogP contribution is -1.98. The van der Waals surface area contributed by atoms with Gasteiger partial charge in [0.25, 0.3) is 6.43 Å². The number of hydrogen-bond donors (Lipinski definition) is 0. The highest BCUT2D eigenvalue weighted by atomic mass is 127. The van der Waals surface area contributed by atoms with Crippen molar-refractivity contribution in [2.75, 3.05) is 0 Å². The van der Waals surface area contributed by atoms with Gasteiger partial charge in [-0.2, -0.15) is 0 Å². The number of rotatable bonds is 2. The van der Waals surface area contributed by atoms with Gasteiger partial charge in [0, 0.05) is 15.1 Å². The molecule has 0 aliphatic rings. The number of hydrogen-bond acceptors (Lipinski definition) is 1. The molecule has 5 heteroatoms. The van der Waals surface area contributed by atoms with E-state index in [4.69, 9.17) is 0 Å². The van der Waals surface area contributed by atoms with Crippen molar-refractivity contribution in [3.05, 3.63) is 27.1 Å². The zero-order valence-electron chi connectivity index (χ0n) is 5.90. The molecule has 0 unspecified atom stereocenters. The summed E-state index contributed by atoms with van der Waals surface area (Å²) in [5, 5.41) is 0.365. The molecule has 0 aromatic carbocycles. The van der Waals surface area contributed by atoms with Gasteiger partial charge < -0.3 is 0 Å². The molecule has 1 aromatic rings. The minimum absolute atomic E-state index is 0.0370. The molecule has 0 N–H and O–H groups in total. The Labute approximate surface area is 90.8 Å². The lowest BCUT2D eigenvalue weighted by Gasteiger charge is -2.06. The van der Waals surface area contributed by atoms with E-state index in [1.54, 1.807) is 6.07 Å². The molecule has 0 aliphatic heterocycles. The molecule has 0 fully saturated rings.